The van der Waals surface area contributed by atoms with Crippen molar-refractivity contribution >= 4 is 5.91 Å². The van der Waals surface area contributed by atoms with Crippen molar-refractivity contribution in [3.8, 4) is 5.75 Å². The highest BCUT2D eigenvalue weighted by atomic mass is 16.5. The summed E-state index contributed by atoms with van der Waals surface area (Å²) in [5.41, 5.74) is 6.49. The van der Waals surface area contributed by atoms with Gasteiger partial charge in [-0.2, -0.15) is 0 Å². The molecule has 0 bridgehead atoms. The minimum Gasteiger partial charge on any atom is -0.496 e. The Balaban J connectivity index is 1.81. The van der Waals surface area contributed by atoms with Crippen molar-refractivity contribution < 1.29 is 9.53 Å². The number of amides is 1. The molecule has 110 valence electrons. The number of carbonyl (C=O) groups excluding carboxylic acids is 1. The first-order chi connectivity index (χ1) is 9.69. The predicted molar refractivity (Wildman–Crippen MR) is 79.7 cm³/mol. The van der Waals surface area contributed by atoms with Crippen molar-refractivity contribution in [3.63, 3.8) is 0 Å². The van der Waals surface area contributed by atoms with Gasteiger partial charge in [-0.25, -0.2) is 0 Å². The topological polar surface area (TPSA) is 55.6 Å². The van der Waals surface area contributed by atoms with Crippen LogP contribution in [0.4, 0.5) is 0 Å². The van der Waals surface area contributed by atoms with E-state index < -0.39 is 0 Å². The predicted octanol–water partition coefficient (Wildman–Crippen LogP) is 1.83. The summed E-state index contributed by atoms with van der Waals surface area (Å²) in [4.78, 5) is 13.1. The average Bonchev–Trinajstić information content (AvgIpc) is 2.47. The fourth-order valence-electron chi connectivity index (χ4n) is 2.87. The maximum atomic E-state index is 10.8. The zero-order valence-corrected chi connectivity index (χ0v) is 12.2. The number of ether oxygens (including phenoxy) is 1. The summed E-state index contributed by atoms with van der Waals surface area (Å²) in [7, 11) is 1.73. The third kappa shape index (κ3) is 4.23. The molecule has 1 amide bonds. The molecule has 0 atom stereocenters. The Labute approximate surface area is 120 Å². The first kappa shape index (κ1) is 14.9. The van der Waals surface area contributed by atoms with Crippen LogP contribution in [0, 0.1) is 5.92 Å². The molecule has 0 aromatic heterocycles. The Kier molecular flexibility index (Phi) is 5.41. The van der Waals surface area contributed by atoms with Crippen LogP contribution in [0.1, 0.15) is 24.8 Å². The molecule has 0 saturated carbocycles. The molecule has 2 rings (SSSR count). The van der Waals surface area contributed by atoms with E-state index in [1.54, 1.807) is 7.11 Å². The van der Waals surface area contributed by atoms with Gasteiger partial charge in [0.05, 0.1) is 7.11 Å². The normalized spacial score (nSPS) is 17.1. The second-order valence-corrected chi connectivity index (χ2v) is 5.52. The van der Waals surface area contributed by atoms with Crippen molar-refractivity contribution in [2.24, 2.45) is 11.7 Å². The van der Waals surface area contributed by atoms with Crippen molar-refractivity contribution in [3.05, 3.63) is 29.8 Å². The number of piperidine rings is 1. The van der Waals surface area contributed by atoms with E-state index >= 15 is 0 Å². The van der Waals surface area contributed by atoms with E-state index in [1.165, 1.54) is 18.4 Å². The Morgan fingerprint density at radius 3 is 2.70 bits per heavy atom. The third-order valence-corrected chi connectivity index (χ3v) is 4.08. The summed E-state index contributed by atoms with van der Waals surface area (Å²) in [5, 5.41) is 0. The lowest BCUT2D eigenvalue weighted by molar-refractivity contribution is -0.118. The standard InChI is InChI=1S/C16H24N2O2/c1-20-15-5-3-2-4-14(15)12-13-6-9-18(10-7-13)11-8-16(17)19/h2-5,13H,6-12H2,1H3,(H2,17,19). The molecule has 1 aliphatic rings. The van der Waals surface area contributed by atoms with Crippen LogP contribution in [0.25, 0.3) is 0 Å². The maximum Gasteiger partial charge on any atom is 0.218 e. The molecule has 4 heteroatoms. The number of para-hydroxylation sites is 1. The van der Waals surface area contributed by atoms with Crippen LogP contribution in [0.3, 0.4) is 0 Å². The molecule has 0 unspecified atom stereocenters. The molecule has 4 nitrogen and oxygen atoms in total. The SMILES string of the molecule is COc1ccccc1CC1CCN(CCC(N)=O)CC1. The van der Waals surface area contributed by atoms with E-state index in [1.807, 2.05) is 12.1 Å². The van der Waals surface area contributed by atoms with Crippen LogP contribution in [-0.2, 0) is 11.2 Å². The number of rotatable bonds is 6. The van der Waals surface area contributed by atoms with Crippen LogP contribution in [0.5, 0.6) is 5.75 Å². The van der Waals surface area contributed by atoms with Gasteiger partial charge in [-0.1, -0.05) is 18.2 Å². The highest BCUT2D eigenvalue weighted by Gasteiger charge is 2.20. The molecule has 20 heavy (non-hydrogen) atoms. The number of likely N-dealkylation sites (tertiary alicyclic amines) is 1. The van der Waals surface area contributed by atoms with E-state index in [-0.39, 0.29) is 5.91 Å². The molecule has 1 heterocycles. The summed E-state index contributed by atoms with van der Waals surface area (Å²) < 4.78 is 5.41. The maximum absolute atomic E-state index is 10.8. The number of nitrogens with two attached hydrogens (primary N) is 1. The van der Waals surface area contributed by atoms with Gasteiger partial charge in [-0.3, -0.25) is 4.79 Å². The first-order valence-electron chi connectivity index (χ1n) is 7.31. The molecule has 0 radical (unpaired) electrons. The summed E-state index contributed by atoms with van der Waals surface area (Å²) in [6.07, 6.45) is 3.90. The Hall–Kier alpha value is -1.55. The number of carbonyl (C=O) groups is 1. The van der Waals surface area contributed by atoms with E-state index in [2.05, 4.69) is 17.0 Å². The van der Waals surface area contributed by atoms with Crippen LogP contribution in [0.15, 0.2) is 24.3 Å². The molecule has 0 spiro atoms. The summed E-state index contributed by atoms with van der Waals surface area (Å²) in [5.74, 6) is 1.49. The Morgan fingerprint density at radius 2 is 2.05 bits per heavy atom. The van der Waals surface area contributed by atoms with Crippen LogP contribution < -0.4 is 10.5 Å². The molecular formula is C16H24N2O2. The second kappa shape index (κ2) is 7.29. The molecular weight excluding hydrogens is 252 g/mol. The zero-order chi connectivity index (χ0) is 14.4. The number of nitrogens with zero attached hydrogens (tertiary/aromatic N) is 1. The Bertz CT molecular complexity index is 440. The molecule has 2 N–H and O–H groups in total. The first-order valence-corrected chi connectivity index (χ1v) is 7.31. The average molecular weight is 276 g/mol. The lowest BCUT2D eigenvalue weighted by Crippen LogP contribution is -2.36. The van der Waals surface area contributed by atoms with Gasteiger partial charge in [-0.15, -0.1) is 0 Å². The van der Waals surface area contributed by atoms with Gasteiger partial charge < -0.3 is 15.4 Å². The molecule has 1 fully saturated rings. The van der Waals surface area contributed by atoms with Gasteiger partial charge in [0.15, 0.2) is 0 Å². The van der Waals surface area contributed by atoms with E-state index in [4.69, 9.17) is 10.5 Å². The molecule has 0 aliphatic carbocycles. The highest BCUT2D eigenvalue weighted by Crippen LogP contribution is 2.26. The smallest absolute Gasteiger partial charge is 0.218 e. The summed E-state index contributed by atoms with van der Waals surface area (Å²) in [6, 6.07) is 8.25. The van der Waals surface area contributed by atoms with Crippen molar-refractivity contribution in [2.45, 2.75) is 25.7 Å². The van der Waals surface area contributed by atoms with Gasteiger partial charge in [0.2, 0.25) is 5.91 Å². The monoisotopic (exact) mass is 276 g/mol. The number of hydrogen-bond donors (Lipinski definition) is 1. The Morgan fingerprint density at radius 1 is 1.35 bits per heavy atom. The van der Waals surface area contributed by atoms with E-state index in [0.29, 0.717) is 12.3 Å². The fourth-order valence-corrected chi connectivity index (χ4v) is 2.87. The van der Waals surface area contributed by atoms with E-state index in [0.717, 1.165) is 31.8 Å². The van der Waals surface area contributed by atoms with Crippen LogP contribution in [0.2, 0.25) is 0 Å². The second-order valence-electron chi connectivity index (χ2n) is 5.52. The van der Waals surface area contributed by atoms with Crippen molar-refractivity contribution in [1.82, 2.24) is 4.90 Å². The number of benzene rings is 1. The molecule has 1 aromatic rings. The third-order valence-electron chi connectivity index (χ3n) is 4.08. The van der Waals surface area contributed by atoms with E-state index in [9.17, 15) is 4.79 Å². The van der Waals surface area contributed by atoms with Crippen LogP contribution in [-0.4, -0.2) is 37.6 Å². The summed E-state index contributed by atoms with van der Waals surface area (Å²) in [6.45, 7) is 2.93. The minimum absolute atomic E-state index is 0.207. The quantitative estimate of drug-likeness (QED) is 0.862. The molecule has 1 aliphatic heterocycles. The zero-order valence-electron chi connectivity index (χ0n) is 12.2. The van der Waals surface area contributed by atoms with Crippen molar-refractivity contribution in [2.75, 3.05) is 26.7 Å². The lowest BCUT2D eigenvalue weighted by atomic mass is 9.90. The largest absolute Gasteiger partial charge is 0.496 e. The van der Waals surface area contributed by atoms with Crippen LogP contribution >= 0.6 is 0 Å². The number of methoxy groups -OCH3 is 1. The minimum atomic E-state index is -0.207. The highest BCUT2D eigenvalue weighted by molar-refractivity contribution is 5.73. The number of hydrogen-bond acceptors (Lipinski definition) is 3. The van der Waals surface area contributed by atoms with Gasteiger partial charge in [-0.05, 0) is 49.9 Å². The van der Waals surface area contributed by atoms with Gasteiger partial charge in [0.25, 0.3) is 0 Å². The fraction of sp³-hybridized carbons (Fsp3) is 0.562. The van der Waals surface area contributed by atoms with Crippen molar-refractivity contribution in [1.29, 1.82) is 0 Å². The van der Waals surface area contributed by atoms with Gasteiger partial charge >= 0.3 is 0 Å². The van der Waals surface area contributed by atoms with Gasteiger partial charge in [0.1, 0.15) is 5.75 Å². The molecule has 1 aromatic carbocycles. The number of primary amides is 1. The van der Waals surface area contributed by atoms with Gasteiger partial charge in [0, 0.05) is 13.0 Å². The molecule has 1 saturated heterocycles. The summed E-state index contributed by atoms with van der Waals surface area (Å²) >= 11 is 0. The lowest BCUT2D eigenvalue weighted by Gasteiger charge is -2.31.